The second-order valence-corrected chi connectivity index (χ2v) is 2.98. The minimum atomic E-state index is -0.0227. The molecule has 1 radical (unpaired) electrons. The molecule has 1 fully saturated rings. The van der Waals surface area contributed by atoms with Crippen LogP contribution in [0.5, 0.6) is 0 Å². The summed E-state index contributed by atoms with van der Waals surface area (Å²) in [6, 6.07) is 0. The third kappa shape index (κ3) is 1.98. The van der Waals surface area contributed by atoms with Gasteiger partial charge in [0.05, 0.1) is 6.10 Å². The van der Waals surface area contributed by atoms with Gasteiger partial charge in [0.25, 0.3) is 0 Å². The van der Waals surface area contributed by atoms with Crippen molar-refractivity contribution in [1.29, 1.82) is 0 Å². The van der Waals surface area contributed by atoms with Gasteiger partial charge in [0, 0.05) is 0 Å². The van der Waals surface area contributed by atoms with Gasteiger partial charge in [-0.2, -0.15) is 0 Å². The Morgan fingerprint density at radius 3 is 2.67 bits per heavy atom. The van der Waals surface area contributed by atoms with Crippen LogP contribution < -0.4 is 0 Å². The first kappa shape index (κ1) is 7.07. The predicted molar refractivity (Wildman–Crippen MR) is 37.9 cm³/mol. The molecule has 1 heteroatoms. The summed E-state index contributed by atoms with van der Waals surface area (Å²) in [5.74, 6) is 0.703. The molecule has 0 saturated heterocycles. The van der Waals surface area contributed by atoms with Gasteiger partial charge in [-0.1, -0.05) is 26.2 Å². The summed E-state index contributed by atoms with van der Waals surface area (Å²) >= 11 is 0. The highest BCUT2D eigenvalue weighted by atomic mass is 16.3. The van der Waals surface area contributed by atoms with Crippen molar-refractivity contribution in [2.24, 2.45) is 5.92 Å². The van der Waals surface area contributed by atoms with Crippen molar-refractivity contribution in [3.8, 4) is 0 Å². The van der Waals surface area contributed by atoms with E-state index >= 15 is 0 Å². The van der Waals surface area contributed by atoms with Crippen molar-refractivity contribution in [1.82, 2.24) is 0 Å². The van der Waals surface area contributed by atoms with Crippen molar-refractivity contribution in [3.05, 3.63) is 6.92 Å². The van der Waals surface area contributed by atoms with Gasteiger partial charge >= 0.3 is 0 Å². The van der Waals surface area contributed by atoms with E-state index in [-0.39, 0.29) is 6.10 Å². The van der Waals surface area contributed by atoms with E-state index in [0.717, 1.165) is 19.3 Å². The monoisotopic (exact) mass is 127 g/mol. The van der Waals surface area contributed by atoms with Gasteiger partial charge in [0.1, 0.15) is 0 Å². The summed E-state index contributed by atoms with van der Waals surface area (Å²) in [6.45, 7) is 3.83. The van der Waals surface area contributed by atoms with E-state index in [2.05, 4.69) is 6.92 Å². The molecule has 0 amide bonds. The molecule has 0 spiro atoms. The Balaban J connectivity index is 2.23. The zero-order chi connectivity index (χ0) is 6.69. The highest BCUT2D eigenvalue weighted by Gasteiger charge is 2.17. The van der Waals surface area contributed by atoms with Gasteiger partial charge in [-0.15, -0.1) is 0 Å². The normalized spacial score (nSPS) is 36.7. The lowest BCUT2D eigenvalue weighted by Gasteiger charge is -2.24. The second-order valence-electron chi connectivity index (χ2n) is 2.98. The number of aliphatic hydroxyl groups is 1. The second kappa shape index (κ2) is 3.21. The van der Waals surface area contributed by atoms with E-state index in [1.54, 1.807) is 0 Å². The molecule has 1 N–H and O–H groups in total. The maximum atomic E-state index is 9.18. The summed E-state index contributed by atoms with van der Waals surface area (Å²) in [6.07, 6.45) is 5.45. The Labute approximate surface area is 57.1 Å². The van der Waals surface area contributed by atoms with Crippen molar-refractivity contribution < 1.29 is 5.11 Å². The molecule has 1 nitrogen and oxygen atoms in total. The lowest BCUT2D eigenvalue weighted by Crippen LogP contribution is -2.18. The maximum Gasteiger partial charge on any atom is 0.0542 e. The van der Waals surface area contributed by atoms with Gasteiger partial charge in [0.15, 0.2) is 0 Å². The van der Waals surface area contributed by atoms with Crippen LogP contribution in [-0.4, -0.2) is 11.2 Å². The van der Waals surface area contributed by atoms with Crippen LogP contribution in [0.4, 0.5) is 0 Å². The Kier molecular flexibility index (Phi) is 2.52. The van der Waals surface area contributed by atoms with E-state index in [9.17, 15) is 5.11 Å². The third-order valence-electron chi connectivity index (χ3n) is 2.16. The van der Waals surface area contributed by atoms with Gasteiger partial charge in [-0.05, 0) is 18.8 Å². The molecular weight excluding hydrogens is 112 g/mol. The summed E-state index contributed by atoms with van der Waals surface area (Å²) in [5, 5.41) is 9.18. The summed E-state index contributed by atoms with van der Waals surface area (Å²) in [5.41, 5.74) is 0. The van der Waals surface area contributed by atoms with E-state index in [0.29, 0.717) is 5.92 Å². The van der Waals surface area contributed by atoms with Crippen molar-refractivity contribution in [2.45, 2.75) is 38.2 Å². The Bertz CT molecular complexity index is 80.6. The molecule has 2 atom stereocenters. The van der Waals surface area contributed by atoms with E-state index in [1.165, 1.54) is 12.8 Å². The van der Waals surface area contributed by atoms with Gasteiger partial charge in [0.2, 0.25) is 0 Å². The Morgan fingerprint density at radius 2 is 2.22 bits per heavy atom. The number of rotatable bonds is 1. The molecule has 1 aliphatic carbocycles. The Morgan fingerprint density at radius 1 is 1.44 bits per heavy atom. The van der Waals surface area contributed by atoms with Crippen LogP contribution in [0.2, 0.25) is 0 Å². The lowest BCUT2D eigenvalue weighted by molar-refractivity contribution is 0.102. The standard InChI is InChI=1S/C8H15O/c1-2-7-4-3-5-8(9)6-7/h7-9H,1-6H2. The van der Waals surface area contributed by atoms with Crippen LogP contribution in [0.25, 0.3) is 0 Å². The quantitative estimate of drug-likeness (QED) is 0.569. The number of hydrogen-bond acceptors (Lipinski definition) is 1. The molecule has 1 saturated carbocycles. The largest absolute Gasteiger partial charge is 0.393 e. The number of aliphatic hydroxyl groups excluding tert-OH is 1. The first-order chi connectivity index (χ1) is 4.33. The average molecular weight is 127 g/mol. The first-order valence-corrected chi connectivity index (χ1v) is 3.80. The van der Waals surface area contributed by atoms with E-state index in [1.807, 2.05) is 0 Å². The fourth-order valence-corrected chi connectivity index (χ4v) is 1.52. The minimum absolute atomic E-state index is 0.0227. The fourth-order valence-electron chi connectivity index (χ4n) is 1.52. The smallest absolute Gasteiger partial charge is 0.0542 e. The fraction of sp³-hybridized carbons (Fsp3) is 0.875. The zero-order valence-corrected chi connectivity index (χ0v) is 5.84. The van der Waals surface area contributed by atoms with Crippen LogP contribution >= 0.6 is 0 Å². The molecule has 2 unspecified atom stereocenters. The summed E-state index contributed by atoms with van der Waals surface area (Å²) in [4.78, 5) is 0. The van der Waals surface area contributed by atoms with Crippen LogP contribution in [0.15, 0.2) is 0 Å². The van der Waals surface area contributed by atoms with Crippen LogP contribution in [0, 0.1) is 12.8 Å². The molecule has 0 bridgehead atoms. The highest BCUT2D eigenvalue weighted by Crippen LogP contribution is 2.25. The molecule has 0 aliphatic heterocycles. The van der Waals surface area contributed by atoms with Gasteiger partial charge in [-0.3, -0.25) is 0 Å². The lowest BCUT2D eigenvalue weighted by atomic mass is 9.86. The molecule has 0 heterocycles. The highest BCUT2D eigenvalue weighted by molar-refractivity contribution is 4.72. The van der Waals surface area contributed by atoms with Crippen LogP contribution in [0.1, 0.15) is 32.1 Å². The zero-order valence-electron chi connectivity index (χ0n) is 5.84. The van der Waals surface area contributed by atoms with Crippen molar-refractivity contribution in [3.63, 3.8) is 0 Å². The number of hydrogen-bond donors (Lipinski definition) is 1. The molecule has 0 aromatic carbocycles. The molecule has 0 aromatic rings. The molecule has 1 rings (SSSR count). The first-order valence-electron chi connectivity index (χ1n) is 3.80. The SMILES string of the molecule is [CH2]CC1CCCC(O)C1. The van der Waals surface area contributed by atoms with Crippen molar-refractivity contribution >= 4 is 0 Å². The molecular formula is C8H15O. The van der Waals surface area contributed by atoms with E-state index < -0.39 is 0 Å². The Hall–Kier alpha value is -0.0400. The van der Waals surface area contributed by atoms with Crippen LogP contribution in [-0.2, 0) is 0 Å². The summed E-state index contributed by atoms with van der Waals surface area (Å²) in [7, 11) is 0. The molecule has 53 valence electrons. The maximum absolute atomic E-state index is 9.18. The predicted octanol–water partition coefficient (Wildman–Crippen LogP) is 1.76. The van der Waals surface area contributed by atoms with Gasteiger partial charge in [-0.25, -0.2) is 0 Å². The van der Waals surface area contributed by atoms with Gasteiger partial charge < -0.3 is 5.11 Å². The molecule has 0 aromatic heterocycles. The minimum Gasteiger partial charge on any atom is -0.393 e. The van der Waals surface area contributed by atoms with Crippen molar-refractivity contribution in [2.75, 3.05) is 0 Å². The average Bonchev–Trinajstić information content (AvgIpc) is 1.88. The third-order valence-corrected chi connectivity index (χ3v) is 2.16. The molecule has 1 aliphatic rings. The summed E-state index contributed by atoms with van der Waals surface area (Å²) < 4.78 is 0. The van der Waals surface area contributed by atoms with Crippen LogP contribution in [0.3, 0.4) is 0 Å². The van der Waals surface area contributed by atoms with E-state index in [4.69, 9.17) is 0 Å². The molecule has 9 heavy (non-hydrogen) atoms. The topological polar surface area (TPSA) is 20.2 Å².